The molecule has 0 heterocycles. The van der Waals surface area contributed by atoms with Crippen molar-refractivity contribution in [2.45, 2.75) is 69.6 Å². The standard InChI is InChI=1S/C53H47N/c1-50(2)34-51(3,4)47-33-45-42(32-46(47)50)41-31-38(29-30-43(41)52(45,5)6)54(37-23-14-9-15-24-37)48-28-18-26-40-39-25-16-17-27-44(39)53(49(40)48,35-19-10-7-11-20-35)36-21-12-8-13-22-36/h7-33H,34H2,1-6H3. The van der Waals surface area contributed by atoms with E-state index < -0.39 is 5.41 Å². The number of anilines is 3. The summed E-state index contributed by atoms with van der Waals surface area (Å²) in [6.07, 6.45) is 1.17. The fourth-order valence-corrected chi connectivity index (χ4v) is 11.0. The van der Waals surface area contributed by atoms with Gasteiger partial charge in [-0.25, -0.2) is 0 Å². The van der Waals surface area contributed by atoms with Gasteiger partial charge in [-0.3, -0.25) is 0 Å². The minimum atomic E-state index is -0.525. The van der Waals surface area contributed by atoms with Gasteiger partial charge in [-0.05, 0) is 115 Å². The molecule has 3 aliphatic carbocycles. The maximum atomic E-state index is 2.57. The van der Waals surface area contributed by atoms with Crippen LogP contribution in [0.4, 0.5) is 17.1 Å². The number of fused-ring (bicyclic) bond motifs is 7. The van der Waals surface area contributed by atoms with Crippen molar-refractivity contribution in [2.75, 3.05) is 4.90 Å². The molecule has 7 aromatic carbocycles. The van der Waals surface area contributed by atoms with Crippen LogP contribution in [0.3, 0.4) is 0 Å². The lowest BCUT2D eigenvalue weighted by Crippen LogP contribution is -2.30. The molecule has 1 heteroatoms. The van der Waals surface area contributed by atoms with E-state index in [-0.39, 0.29) is 16.2 Å². The number of benzene rings is 7. The lowest BCUT2D eigenvalue weighted by Gasteiger charge is -2.38. The number of hydrogen-bond donors (Lipinski definition) is 0. The highest BCUT2D eigenvalue weighted by atomic mass is 15.1. The van der Waals surface area contributed by atoms with E-state index in [0.29, 0.717) is 0 Å². The predicted octanol–water partition coefficient (Wildman–Crippen LogP) is 13.8. The van der Waals surface area contributed by atoms with Gasteiger partial charge >= 0.3 is 0 Å². The van der Waals surface area contributed by atoms with Crippen LogP contribution < -0.4 is 4.90 Å². The normalized spacial score (nSPS) is 17.2. The Labute approximate surface area is 321 Å². The Bertz CT molecular complexity index is 2550. The molecule has 0 spiro atoms. The third-order valence-electron chi connectivity index (χ3n) is 13.1. The van der Waals surface area contributed by atoms with Gasteiger partial charge in [-0.2, -0.15) is 0 Å². The molecular weight excluding hydrogens is 651 g/mol. The average Bonchev–Trinajstić information content (AvgIpc) is 3.69. The van der Waals surface area contributed by atoms with Crippen LogP contribution in [0.2, 0.25) is 0 Å². The van der Waals surface area contributed by atoms with Crippen molar-refractivity contribution in [2.24, 2.45) is 0 Å². The van der Waals surface area contributed by atoms with Gasteiger partial charge in [0.25, 0.3) is 0 Å². The van der Waals surface area contributed by atoms with Crippen LogP contribution in [-0.2, 0) is 21.7 Å². The average molecular weight is 698 g/mol. The zero-order valence-corrected chi connectivity index (χ0v) is 32.2. The van der Waals surface area contributed by atoms with Crippen molar-refractivity contribution in [1.82, 2.24) is 0 Å². The second kappa shape index (κ2) is 11.4. The Hall–Kier alpha value is -5.66. The first-order chi connectivity index (χ1) is 26.0. The molecule has 0 saturated carbocycles. The van der Waals surface area contributed by atoms with Gasteiger partial charge in [-0.15, -0.1) is 0 Å². The topological polar surface area (TPSA) is 3.24 Å². The van der Waals surface area contributed by atoms with Crippen molar-refractivity contribution in [3.8, 4) is 22.3 Å². The summed E-state index contributed by atoms with van der Waals surface area (Å²) in [4.78, 5) is 2.52. The summed E-state index contributed by atoms with van der Waals surface area (Å²) in [5.41, 5.74) is 19.6. The third kappa shape index (κ3) is 4.45. The summed E-state index contributed by atoms with van der Waals surface area (Å²) in [5, 5.41) is 0. The predicted molar refractivity (Wildman–Crippen MR) is 227 cm³/mol. The lowest BCUT2D eigenvalue weighted by atomic mass is 9.67. The fraction of sp³-hybridized carbons (Fsp3) is 0.208. The third-order valence-corrected chi connectivity index (χ3v) is 13.1. The zero-order chi connectivity index (χ0) is 37.0. The molecule has 0 amide bonds. The molecule has 0 aliphatic heterocycles. The number of hydrogen-bond acceptors (Lipinski definition) is 1. The van der Waals surface area contributed by atoms with E-state index in [1.165, 1.54) is 84.6 Å². The van der Waals surface area contributed by atoms with Crippen LogP contribution in [-0.4, -0.2) is 0 Å². The van der Waals surface area contributed by atoms with Gasteiger partial charge in [0.15, 0.2) is 0 Å². The number of nitrogens with zero attached hydrogens (tertiary/aromatic N) is 1. The second-order valence-electron chi connectivity index (χ2n) is 17.6. The van der Waals surface area contributed by atoms with Crippen molar-refractivity contribution in [1.29, 1.82) is 0 Å². The Morgan fingerprint density at radius 1 is 0.389 bits per heavy atom. The molecule has 1 nitrogen and oxygen atoms in total. The van der Waals surface area contributed by atoms with E-state index in [1.54, 1.807) is 0 Å². The molecule has 0 N–H and O–H groups in total. The quantitative estimate of drug-likeness (QED) is 0.173. The number of rotatable bonds is 5. The smallest absolute Gasteiger partial charge is 0.0734 e. The van der Waals surface area contributed by atoms with Crippen LogP contribution in [0.25, 0.3) is 22.3 Å². The summed E-state index contributed by atoms with van der Waals surface area (Å²) in [5.74, 6) is 0. The number of para-hydroxylation sites is 1. The SMILES string of the molecule is CC1(C)CC(C)(C)c2cc3c(cc21)-c1cc(N(c2ccccc2)c2cccc4c2C(c2ccccc2)(c2ccccc2)c2ccccc2-4)ccc1C3(C)C. The van der Waals surface area contributed by atoms with Gasteiger partial charge in [0.2, 0.25) is 0 Å². The van der Waals surface area contributed by atoms with Crippen molar-refractivity contribution >= 4 is 17.1 Å². The Morgan fingerprint density at radius 2 is 0.944 bits per heavy atom. The van der Waals surface area contributed by atoms with Crippen LogP contribution in [0, 0.1) is 0 Å². The molecule has 0 atom stereocenters. The van der Waals surface area contributed by atoms with Crippen molar-refractivity contribution in [3.63, 3.8) is 0 Å². The molecule has 3 aliphatic rings. The highest BCUT2D eigenvalue weighted by molar-refractivity contribution is 5.95. The summed E-state index contributed by atoms with van der Waals surface area (Å²) in [6.45, 7) is 14.6. The monoisotopic (exact) mass is 697 g/mol. The maximum Gasteiger partial charge on any atom is 0.0734 e. The van der Waals surface area contributed by atoms with Crippen LogP contribution >= 0.6 is 0 Å². The fourth-order valence-electron chi connectivity index (χ4n) is 11.0. The van der Waals surface area contributed by atoms with E-state index in [0.717, 1.165) is 5.69 Å². The van der Waals surface area contributed by atoms with E-state index in [2.05, 4.69) is 210 Å². The van der Waals surface area contributed by atoms with E-state index in [4.69, 9.17) is 0 Å². The van der Waals surface area contributed by atoms with Gasteiger partial charge in [0.1, 0.15) is 0 Å². The molecule has 54 heavy (non-hydrogen) atoms. The van der Waals surface area contributed by atoms with Gasteiger partial charge < -0.3 is 4.90 Å². The molecule has 0 aromatic heterocycles. The molecule has 10 rings (SSSR count). The van der Waals surface area contributed by atoms with Crippen molar-refractivity contribution in [3.05, 3.63) is 208 Å². The molecule has 0 radical (unpaired) electrons. The van der Waals surface area contributed by atoms with Gasteiger partial charge in [0.05, 0.1) is 11.1 Å². The highest BCUT2D eigenvalue weighted by Crippen LogP contribution is 2.61. The molecule has 0 fully saturated rings. The largest absolute Gasteiger partial charge is 0.310 e. The maximum absolute atomic E-state index is 2.57. The second-order valence-corrected chi connectivity index (χ2v) is 17.6. The van der Waals surface area contributed by atoms with Crippen LogP contribution in [0.15, 0.2) is 164 Å². The summed E-state index contributed by atoms with van der Waals surface area (Å²) in [7, 11) is 0. The summed E-state index contributed by atoms with van der Waals surface area (Å²) >= 11 is 0. The van der Waals surface area contributed by atoms with E-state index in [9.17, 15) is 0 Å². The van der Waals surface area contributed by atoms with Crippen molar-refractivity contribution < 1.29 is 0 Å². The van der Waals surface area contributed by atoms with Crippen LogP contribution in [0.1, 0.15) is 92.5 Å². The van der Waals surface area contributed by atoms with Gasteiger partial charge in [0, 0.05) is 22.4 Å². The Kier molecular flexibility index (Phi) is 6.97. The molecule has 0 unspecified atom stereocenters. The molecule has 0 saturated heterocycles. The first-order valence-corrected chi connectivity index (χ1v) is 19.6. The van der Waals surface area contributed by atoms with E-state index >= 15 is 0 Å². The molecule has 0 bridgehead atoms. The minimum Gasteiger partial charge on any atom is -0.310 e. The van der Waals surface area contributed by atoms with E-state index in [1.807, 2.05) is 0 Å². The summed E-state index contributed by atoms with van der Waals surface area (Å²) < 4.78 is 0. The molecule has 7 aromatic rings. The minimum absolute atomic E-state index is 0.0932. The molecule has 264 valence electrons. The Morgan fingerprint density at radius 3 is 1.61 bits per heavy atom. The first kappa shape index (κ1) is 32.9. The highest BCUT2D eigenvalue weighted by Gasteiger charge is 2.49. The zero-order valence-electron chi connectivity index (χ0n) is 32.2. The first-order valence-electron chi connectivity index (χ1n) is 19.6. The Balaban J connectivity index is 1.26. The lowest BCUT2D eigenvalue weighted by molar-refractivity contribution is 0.403. The van der Waals surface area contributed by atoms with Crippen LogP contribution in [0.5, 0.6) is 0 Å². The summed E-state index contributed by atoms with van der Waals surface area (Å²) in [6, 6.07) is 61.7. The van der Waals surface area contributed by atoms with Gasteiger partial charge in [-0.1, -0.05) is 169 Å². The molecular formula is C53H47N.